The van der Waals surface area contributed by atoms with E-state index in [1.54, 1.807) is 0 Å². The first-order valence-corrected chi connectivity index (χ1v) is 21.0. The molecule has 4 heteroatoms. The van der Waals surface area contributed by atoms with Crippen LogP contribution in [0, 0.1) is 0 Å². The van der Waals surface area contributed by atoms with Crippen molar-refractivity contribution in [2.45, 2.75) is 232 Å². The number of carbonyl (C=O) groups is 2. The summed E-state index contributed by atoms with van der Waals surface area (Å²) >= 11 is 0. The van der Waals surface area contributed by atoms with Gasteiger partial charge in [0.05, 0.1) is 0 Å². The second-order valence-corrected chi connectivity index (χ2v) is 14.2. The predicted molar refractivity (Wildman–Crippen MR) is 209 cm³/mol. The van der Waals surface area contributed by atoms with Crippen molar-refractivity contribution in [3.8, 4) is 0 Å². The van der Waals surface area contributed by atoms with Gasteiger partial charge in [0.15, 0.2) is 0 Å². The lowest BCUT2D eigenvalue weighted by Crippen LogP contribution is -2.18. The average Bonchev–Trinajstić information content (AvgIpc) is 3.07. The Kier molecular flexibility index (Phi) is 38.1. The number of carboxylic acid groups (broad SMARTS) is 1. The molecule has 1 unspecified atom stereocenters. The molecule has 1 N–H and O–H groups in total. The number of rotatable bonds is 38. The predicted octanol–water partition coefficient (Wildman–Crippen LogP) is 14.6. The van der Waals surface area contributed by atoms with E-state index in [0.717, 1.165) is 70.6 Å². The van der Waals surface area contributed by atoms with Crippen LogP contribution in [0.4, 0.5) is 0 Å². The number of aliphatic carboxylic acids is 1. The highest BCUT2D eigenvalue weighted by molar-refractivity contribution is 5.69. The van der Waals surface area contributed by atoms with Gasteiger partial charge < -0.3 is 9.84 Å². The Morgan fingerprint density at radius 1 is 0.479 bits per heavy atom. The molecule has 1 atom stereocenters. The van der Waals surface area contributed by atoms with Gasteiger partial charge >= 0.3 is 11.9 Å². The molecule has 0 radical (unpaired) electrons. The number of ether oxygens (including phenoxy) is 1. The van der Waals surface area contributed by atoms with E-state index in [0.29, 0.717) is 12.8 Å². The molecule has 0 rings (SSSR count). The third kappa shape index (κ3) is 38.6. The van der Waals surface area contributed by atoms with Crippen molar-refractivity contribution in [1.29, 1.82) is 0 Å². The van der Waals surface area contributed by atoms with Crippen molar-refractivity contribution >= 4 is 11.9 Å². The molecule has 4 nitrogen and oxygen atoms in total. The number of carbonyl (C=O) groups excluding carboxylic acids is 1. The highest BCUT2D eigenvalue weighted by atomic mass is 16.5. The molecule has 0 aromatic carbocycles. The molecule has 0 aliphatic carbocycles. The SMILES string of the molecule is CC/C=C\C/C=C\C/C=C\CCCCCCCCCCCC(=O)OC(CCCC)CCCCCCCCCCCCCCCCC(=O)O. The van der Waals surface area contributed by atoms with Crippen LogP contribution in [0.3, 0.4) is 0 Å². The lowest BCUT2D eigenvalue weighted by molar-refractivity contribution is -0.150. The van der Waals surface area contributed by atoms with Crippen molar-refractivity contribution in [3.63, 3.8) is 0 Å². The van der Waals surface area contributed by atoms with E-state index in [4.69, 9.17) is 9.84 Å². The Bertz CT molecular complexity index is 768. The zero-order valence-electron chi connectivity index (χ0n) is 32.0. The fourth-order valence-corrected chi connectivity index (χ4v) is 6.30. The van der Waals surface area contributed by atoms with E-state index < -0.39 is 5.97 Å². The second kappa shape index (κ2) is 39.6. The highest BCUT2D eigenvalue weighted by Crippen LogP contribution is 2.18. The van der Waals surface area contributed by atoms with Crippen molar-refractivity contribution in [2.75, 3.05) is 0 Å². The zero-order valence-corrected chi connectivity index (χ0v) is 32.0. The Balaban J connectivity index is 3.61. The van der Waals surface area contributed by atoms with E-state index >= 15 is 0 Å². The van der Waals surface area contributed by atoms with E-state index in [-0.39, 0.29) is 12.1 Å². The summed E-state index contributed by atoms with van der Waals surface area (Å²) in [6.07, 6.45) is 52.2. The Morgan fingerprint density at radius 3 is 1.35 bits per heavy atom. The lowest BCUT2D eigenvalue weighted by atomic mass is 10.0. The van der Waals surface area contributed by atoms with Crippen molar-refractivity contribution < 1.29 is 19.4 Å². The molecule has 0 bridgehead atoms. The Hall–Kier alpha value is -1.84. The van der Waals surface area contributed by atoms with Crippen LogP contribution >= 0.6 is 0 Å². The van der Waals surface area contributed by atoms with Crippen molar-refractivity contribution in [2.24, 2.45) is 0 Å². The summed E-state index contributed by atoms with van der Waals surface area (Å²) < 4.78 is 5.95. The third-order valence-electron chi connectivity index (χ3n) is 9.38. The van der Waals surface area contributed by atoms with Gasteiger partial charge in [0.25, 0.3) is 0 Å². The monoisotopic (exact) mass is 673 g/mol. The average molecular weight is 673 g/mol. The molecule has 48 heavy (non-hydrogen) atoms. The summed E-state index contributed by atoms with van der Waals surface area (Å²) in [5.41, 5.74) is 0. The first kappa shape index (κ1) is 46.2. The highest BCUT2D eigenvalue weighted by Gasteiger charge is 2.14. The lowest BCUT2D eigenvalue weighted by Gasteiger charge is -2.18. The molecule has 0 fully saturated rings. The third-order valence-corrected chi connectivity index (χ3v) is 9.38. The quantitative estimate of drug-likeness (QED) is 0.0403. The zero-order chi connectivity index (χ0) is 35.0. The van der Waals surface area contributed by atoms with Gasteiger partial charge in [0, 0.05) is 12.8 Å². The van der Waals surface area contributed by atoms with Crippen molar-refractivity contribution in [3.05, 3.63) is 36.5 Å². The largest absolute Gasteiger partial charge is 0.481 e. The standard InChI is InChI=1S/C44H80O4/c1-3-5-7-8-9-10-11-12-13-14-15-16-17-22-25-28-31-34-37-41-44(47)48-42(38-6-4-2)39-35-32-29-26-23-20-18-19-21-24-27-30-33-36-40-43(45)46/h5,7,9-10,12-13,42H,3-4,6,8,11,14-41H2,1-2H3,(H,45,46)/b7-5-,10-9-,13-12-. The molecule has 0 aromatic rings. The molecular formula is C44H80O4. The first-order chi connectivity index (χ1) is 23.6. The van der Waals surface area contributed by atoms with Crippen LogP contribution in [-0.2, 0) is 14.3 Å². The van der Waals surface area contributed by atoms with Gasteiger partial charge in [0.2, 0.25) is 0 Å². The number of hydrogen-bond acceptors (Lipinski definition) is 3. The fraction of sp³-hybridized carbons (Fsp3) is 0.818. The van der Waals surface area contributed by atoms with Crippen LogP contribution in [0.15, 0.2) is 36.5 Å². The molecule has 0 aromatic heterocycles. The smallest absolute Gasteiger partial charge is 0.306 e. The Morgan fingerprint density at radius 2 is 0.875 bits per heavy atom. The van der Waals surface area contributed by atoms with Gasteiger partial charge in [-0.2, -0.15) is 0 Å². The van der Waals surface area contributed by atoms with Gasteiger partial charge in [-0.3, -0.25) is 9.59 Å². The van der Waals surface area contributed by atoms with Crippen LogP contribution in [-0.4, -0.2) is 23.1 Å². The minimum absolute atomic E-state index is 0.0310. The molecule has 0 aliphatic heterocycles. The van der Waals surface area contributed by atoms with Crippen LogP contribution < -0.4 is 0 Å². The van der Waals surface area contributed by atoms with Gasteiger partial charge in [-0.15, -0.1) is 0 Å². The summed E-state index contributed by atoms with van der Waals surface area (Å²) in [7, 11) is 0. The minimum Gasteiger partial charge on any atom is -0.481 e. The maximum Gasteiger partial charge on any atom is 0.306 e. The van der Waals surface area contributed by atoms with E-state index in [1.807, 2.05) is 0 Å². The van der Waals surface area contributed by atoms with Crippen LogP contribution in [0.1, 0.15) is 226 Å². The molecule has 280 valence electrons. The Labute approximate surface area is 299 Å². The van der Waals surface area contributed by atoms with Gasteiger partial charge in [-0.1, -0.05) is 185 Å². The summed E-state index contributed by atoms with van der Waals surface area (Å²) in [5, 5.41) is 8.67. The molecule has 0 saturated carbocycles. The summed E-state index contributed by atoms with van der Waals surface area (Å²) in [4.78, 5) is 23.1. The molecule has 0 spiro atoms. The first-order valence-electron chi connectivity index (χ1n) is 21.0. The number of carboxylic acids is 1. The maximum absolute atomic E-state index is 12.5. The molecule has 0 saturated heterocycles. The van der Waals surface area contributed by atoms with Crippen LogP contribution in [0.25, 0.3) is 0 Å². The number of hydrogen-bond donors (Lipinski definition) is 1. The van der Waals surface area contributed by atoms with Gasteiger partial charge in [-0.05, 0) is 64.2 Å². The molecule has 0 aliphatic rings. The molecule has 0 heterocycles. The van der Waals surface area contributed by atoms with E-state index in [2.05, 4.69) is 50.3 Å². The second-order valence-electron chi connectivity index (χ2n) is 14.2. The van der Waals surface area contributed by atoms with Crippen molar-refractivity contribution in [1.82, 2.24) is 0 Å². The fourth-order valence-electron chi connectivity index (χ4n) is 6.30. The minimum atomic E-state index is -0.666. The van der Waals surface area contributed by atoms with E-state index in [1.165, 1.54) is 128 Å². The topological polar surface area (TPSA) is 63.6 Å². The van der Waals surface area contributed by atoms with Crippen LogP contribution in [0.2, 0.25) is 0 Å². The number of unbranched alkanes of at least 4 members (excludes halogenated alkanes) is 23. The normalized spacial score (nSPS) is 12.5. The summed E-state index contributed by atoms with van der Waals surface area (Å²) in [5.74, 6) is -0.635. The number of esters is 1. The van der Waals surface area contributed by atoms with Gasteiger partial charge in [0.1, 0.15) is 6.10 Å². The molecule has 0 amide bonds. The molecular weight excluding hydrogens is 592 g/mol. The summed E-state index contributed by atoms with van der Waals surface area (Å²) in [6.45, 7) is 4.39. The van der Waals surface area contributed by atoms with Crippen LogP contribution in [0.5, 0.6) is 0 Å². The number of allylic oxidation sites excluding steroid dienone is 6. The van der Waals surface area contributed by atoms with E-state index in [9.17, 15) is 9.59 Å². The van der Waals surface area contributed by atoms with Gasteiger partial charge in [-0.25, -0.2) is 0 Å². The summed E-state index contributed by atoms with van der Waals surface area (Å²) in [6, 6.07) is 0. The maximum atomic E-state index is 12.5.